The van der Waals surface area contributed by atoms with Crippen molar-refractivity contribution in [1.82, 2.24) is 0 Å². The van der Waals surface area contributed by atoms with E-state index in [2.05, 4.69) is 33.8 Å². The smallest absolute Gasteiger partial charge is 0.172 e. The molecule has 0 N–H and O–H groups in total. The third kappa shape index (κ3) is 2.32. The van der Waals surface area contributed by atoms with Gasteiger partial charge in [-0.05, 0) is 68.1 Å². The number of ether oxygens (including phenoxy) is 2. The van der Waals surface area contributed by atoms with Gasteiger partial charge >= 0.3 is 0 Å². The molecular formula is C25H38O3. The summed E-state index contributed by atoms with van der Waals surface area (Å²) < 4.78 is 12.1. The van der Waals surface area contributed by atoms with Crippen molar-refractivity contribution in [2.75, 3.05) is 13.2 Å². The van der Waals surface area contributed by atoms with E-state index in [4.69, 9.17) is 9.47 Å². The largest absolute Gasteiger partial charge is 0.347 e. The second-order valence-corrected chi connectivity index (χ2v) is 11.0. The highest BCUT2D eigenvalue weighted by Gasteiger charge is 2.65. The number of Topliss-reactive ketones (excluding diaryl/α,β-unsaturated/α-hetero) is 1. The van der Waals surface area contributed by atoms with E-state index in [1.54, 1.807) is 5.57 Å². The predicted molar refractivity (Wildman–Crippen MR) is 110 cm³/mol. The first-order valence-electron chi connectivity index (χ1n) is 11.8. The van der Waals surface area contributed by atoms with Crippen LogP contribution in [-0.4, -0.2) is 24.8 Å². The molecule has 0 unspecified atom stereocenters. The van der Waals surface area contributed by atoms with E-state index in [1.807, 2.05) is 0 Å². The zero-order valence-electron chi connectivity index (χ0n) is 18.3. The van der Waals surface area contributed by atoms with Gasteiger partial charge in [-0.1, -0.05) is 39.3 Å². The molecule has 1 heterocycles. The highest BCUT2D eigenvalue weighted by molar-refractivity contribution is 5.92. The van der Waals surface area contributed by atoms with Crippen LogP contribution in [0.2, 0.25) is 0 Å². The summed E-state index contributed by atoms with van der Waals surface area (Å²) in [6.07, 6.45) is 12.3. The minimum Gasteiger partial charge on any atom is -0.347 e. The Bertz CT molecular complexity index is 699. The van der Waals surface area contributed by atoms with Gasteiger partial charge in [-0.15, -0.1) is 0 Å². The van der Waals surface area contributed by atoms with Gasteiger partial charge in [-0.25, -0.2) is 0 Å². The van der Waals surface area contributed by atoms with Gasteiger partial charge in [-0.3, -0.25) is 4.79 Å². The van der Waals surface area contributed by atoms with Gasteiger partial charge in [0.25, 0.3) is 0 Å². The first kappa shape index (κ1) is 19.3. The molecule has 4 aliphatic carbocycles. The first-order valence-corrected chi connectivity index (χ1v) is 11.8. The summed E-state index contributed by atoms with van der Waals surface area (Å²) in [7, 11) is 0. The molecule has 3 heteroatoms. The number of ketones is 1. The zero-order valence-corrected chi connectivity index (χ0v) is 18.3. The molecule has 156 valence electrons. The van der Waals surface area contributed by atoms with Crippen LogP contribution in [-0.2, 0) is 14.3 Å². The lowest BCUT2D eigenvalue weighted by Gasteiger charge is -2.57. The van der Waals surface area contributed by atoms with E-state index in [1.165, 1.54) is 12.8 Å². The Labute approximate surface area is 170 Å². The molecule has 3 nitrogen and oxygen atoms in total. The normalized spacial score (nSPS) is 46.1. The van der Waals surface area contributed by atoms with Crippen LogP contribution < -0.4 is 0 Å². The molecule has 1 saturated heterocycles. The molecule has 0 bridgehead atoms. The molecule has 1 aliphatic heterocycles. The average molecular weight is 387 g/mol. The van der Waals surface area contributed by atoms with Crippen molar-refractivity contribution in [2.24, 2.45) is 34.0 Å². The maximum Gasteiger partial charge on any atom is 0.172 e. The number of carbonyl (C=O) groups excluding carboxylic acids is 1. The average Bonchev–Trinajstić information content (AvgIpc) is 3.24. The first-order chi connectivity index (χ1) is 13.3. The van der Waals surface area contributed by atoms with Crippen LogP contribution in [0.1, 0.15) is 85.5 Å². The molecule has 0 amide bonds. The molecule has 4 fully saturated rings. The SMILES string of the molecule is CCC1(CC)C[C@H]2[C@@H]3CC=C4CC5(CC[C@]4(C)[C@H]3CC[C@]2(C)C1=O)OCCO5. The molecule has 0 aromatic rings. The summed E-state index contributed by atoms with van der Waals surface area (Å²) in [6.45, 7) is 10.8. The van der Waals surface area contributed by atoms with Gasteiger partial charge in [0.2, 0.25) is 0 Å². The van der Waals surface area contributed by atoms with Crippen LogP contribution in [0.4, 0.5) is 0 Å². The Kier molecular flexibility index (Phi) is 4.25. The van der Waals surface area contributed by atoms with Gasteiger partial charge in [0.05, 0.1) is 13.2 Å². The molecule has 0 aromatic heterocycles. The Hall–Kier alpha value is -0.670. The molecule has 5 atom stereocenters. The van der Waals surface area contributed by atoms with Crippen molar-refractivity contribution in [2.45, 2.75) is 91.3 Å². The highest BCUT2D eigenvalue weighted by Crippen LogP contribution is 2.68. The van der Waals surface area contributed by atoms with Gasteiger partial charge in [-0.2, -0.15) is 0 Å². The van der Waals surface area contributed by atoms with Crippen LogP contribution in [0.5, 0.6) is 0 Å². The fourth-order valence-electron chi connectivity index (χ4n) is 8.31. The number of rotatable bonds is 2. The Morgan fingerprint density at radius 1 is 1.00 bits per heavy atom. The van der Waals surface area contributed by atoms with Crippen LogP contribution >= 0.6 is 0 Å². The molecule has 0 radical (unpaired) electrons. The molecular weight excluding hydrogens is 348 g/mol. The van der Waals surface area contributed by atoms with E-state index >= 15 is 0 Å². The summed E-state index contributed by atoms with van der Waals surface area (Å²) in [5.74, 6) is 2.24. The third-order valence-electron chi connectivity index (χ3n) is 10.3. The van der Waals surface area contributed by atoms with Crippen molar-refractivity contribution < 1.29 is 14.3 Å². The van der Waals surface area contributed by atoms with E-state index in [0.717, 1.165) is 64.1 Å². The van der Waals surface area contributed by atoms with Gasteiger partial charge in [0, 0.05) is 23.7 Å². The van der Waals surface area contributed by atoms with E-state index in [-0.39, 0.29) is 22.0 Å². The maximum absolute atomic E-state index is 13.6. The Morgan fingerprint density at radius 2 is 1.71 bits per heavy atom. The molecule has 1 spiro atoms. The summed E-state index contributed by atoms with van der Waals surface area (Å²) in [6, 6.07) is 0. The lowest BCUT2D eigenvalue weighted by Crippen LogP contribution is -2.52. The molecule has 5 aliphatic rings. The summed E-state index contributed by atoms with van der Waals surface area (Å²) in [5, 5.41) is 0. The van der Waals surface area contributed by atoms with Crippen LogP contribution in [0.15, 0.2) is 11.6 Å². The standard InChI is InChI=1S/C25H38O3/c1-5-24(6-2)16-20-18-8-7-17-15-25(27-13-14-28-25)12-11-22(17,3)19(18)9-10-23(20,4)21(24)26/h7,18-20H,5-6,8-16H2,1-4H3/t18-,19+,20+,22+,23+/m1/s1. The summed E-state index contributed by atoms with van der Waals surface area (Å²) in [4.78, 5) is 13.6. The summed E-state index contributed by atoms with van der Waals surface area (Å²) >= 11 is 0. The second kappa shape index (κ2) is 6.17. The topological polar surface area (TPSA) is 35.5 Å². The minimum atomic E-state index is -0.329. The second-order valence-electron chi connectivity index (χ2n) is 11.0. The maximum atomic E-state index is 13.6. The van der Waals surface area contributed by atoms with Gasteiger partial charge in [0.1, 0.15) is 5.78 Å². The van der Waals surface area contributed by atoms with Gasteiger partial charge < -0.3 is 9.47 Å². The Morgan fingerprint density at radius 3 is 2.39 bits per heavy atom. The fourth-order valence-corrected chi connectivity index (χ4v) is 8.31. The van der Waals surface area contributed by atoms with E-state index in [0.29, 0.717) is 17.6 Å². The number of carbonyl (C=O) groups is 1. The quantitative estimate of drug-likeness (QED) is 0.573. The van der Waals surface area contributed by atoms with E-state index < -0.39 is 0 Å². The molecule has 5 rings (SSSR count). The number of fused-ring (bicyclic) bond motifs is 5. The molecule has 28 heavy (non-hydrogen) atoms. The van der Waals surface area contributed by atoms with Crippen molar-refractivity contribution in [1.29, 1.82) is 0 Å². The van der Waals surface area contributed by atoms with Crippen LogP contribution in [0.25, 0.3) is 0 Å². The highest BCUT2D eigenvalue weighted by atomic mass is 16.7. The zero-order chi connectivity index (χ0) is 19.8. The van der Waals surface area contributed by atoms with Crippen LogP contribution in [0, 0.1) is 34.0 Å². The number of hydrogen-bond donors (Lipinski definition) is 0. The Balaban J connectivity index is 1.47. The van der Waals surface area contributed by atoms with Crippen LogP contribution in [0.3, 0.4) is 0 Å². The van der Waals surface area contributed by atoms with Crippen molar-refractivity contribution >= 4 is 5.78 Å². The predicted octanol–water partition coefficient (Wildman–Crippen LogP) is 5.68. The monoisotopic (exact) mass is 386 g/mol. The van der Waals surface area contributed by atoms with Gasteiger partial charge in [0.15, 0.2) is 5.79 Å². The lowest BCUT2D eigenvalue weighted by atomic mass is 9.48. The third-order valence-corrected chi connectivity index (χ3v) is 10.3. The van der Waals surface area contributed by atoms with Crippen molar-refractivity contribution in [3.63, 3.8) is 0 Å². The van der Waals surface area contributed by atoms with Crippen molar-refractivity contribution in [3.8, 4) is 0 Å². The number of hydrogen-bond acceptors (Lipinski definition) is 3. The lowest BCUT2D eigenvalue weighted by molar-refractivity contribution is -0.185. The molecule has 3 saturated carbocycles. The van der Waals surface area contributed by atoms with E-state index in [9.17, 15) is 4.79 Å². The fraction of sp³-hybridized carbons (Fsp3) is 0.880. The van der Waals surface area contributed by atoms with Crippen molar-refractivity contribution in [3.05, 3.63) is 11.6 Å². The molecule has 0 aromatic carbocycles. The number of allylic oxidation sites excluding steroid dienone is 1. The minimum absolute atomic E-state index is 0.0542. The summed E-state index contributed by atoms with van der Waals surface area (Å²) in [5.41, 5.74) is 1.73.